The highest BCUT2D eigenvalue weighted by Crippen LogP contribution is 2.40. The van der Waals surface area contributed by atoms with Crippen LogP contribution in [-0.2, 0) is 0 Å². The van der Waals surface area contributed by atoms with Crippen LogP contribution in [0.2, 0.25) is 16.6 Å². The van der Waals surface area contributed by atoms with E-state index in [1.807, 2.05) is 0 Å². The Kier molecular flexibility index (Phi) is 7.16. The van der Waals surface area contributed by atoms with Crippen molar-refractivity contribution in [1.29, 1.82) is 0 Å². The molecule has 0 fully saturated rings. The van der Waals surface area contributed by atoms with Crippen molar-refractivity contribution in [2.75, 3.05) is 0 Å². The van der Waals surface area contributed by atoms with E-state index >= 15 is 0 Å². The average molecular weight is 313 g/mol. The molecule has 1 atom stereocenters. The Hall–Kier alpha value is -1.26. The topological polar surface area (TPSA) is 0 Å². The molecule has 0 N–H and O–H groups in total. The maximum atomic E-state index is 3.81. The Morgan fingerprint density at radius 1 is 0.818 bits per heavy atom. The normalized spacial score (nSPS) is 13.7. The van der Waals surface area contributed by atoms with Crippen LogP contribution in [0.15, 0.2) is 36.4 Å². The molecule has 0 heterocycles. The SMILES string of the molecule is CC(C#C[Si](C(C)C)(C(C)C)C(C)C)/C=C/c1ccccc1. The van der Waals surface area contributed by atoms with Gasteiger partial charge in [0.25, 0.3) is 0 Å². The van der Waals surface area contributed by atoms with Gasteiger partial charge in [-0.1, -0.05) is 84.0 Å². The van der Waals surface area contributed by atoms with Crippen molar-refractivity contribution in [3.8, 4) is 11.5 Å². The maximum absolute atomic E-state index is 3.81. The van der Waals surface area contributed by atoms with Crippen LogP contribution in [-0.4, -0.2) is 8.07 Å². The van der Waals surface area contributed by atoms with E-state index in [4.69, 9.17) is 0 Å². The van der Waals surface area contributed by atoms with Crippen molar-refractivity contribution in [3.05, 3.63) is 42.0 Å². The summed E-state index contributed by atoms with van der Waals surface area (Å²) in [7, 11) is -1.59. The van der Waals surface area contributed by atoms with Gasteiger partial charge in [0.2, 0.25) is 0 Å². The van der Waals surface area contributed by atoms with E-state index in [2.05, 4.69) is 102 Å². The first-order valence-electron chi connectivity index (χ1n) is 8.56. The van der Waals surface area contributed by atoms with E-state index in [-0.39, 0.29) is 0 Å². The third kappa shape index (κ3) is 4.62. The van der Waals surface area contributed by atoms with Gasteiger partial charge in [0.15, 0.2) is 0 Å². The molecule has 0 amide bonds. The van der Waals surface area contributed by atoms with Crippen LogP contribution in [0.1, 0.15) is 54.0 Å². The fourth-order valence-electron chi connectivity index (χ4n) is 3.54. The van der Waals surface area contributed by atoms with E-state index < -0.39 is 8.07 Å². The lowest BCUT2D eigenvalue weighted by Gasteiger charge is -2.38. The van der Waals surface area contributed by atoms with E-state index in [0.717, 1.165) is 0 Å². The van der Waals surface area contributed by atoms with Crippen molar-refractivity contribution in [1.82, 2.24) is 0 Å². The van der Waals surface area contributed by atoms with Crippen LogP contribution in [0.4, 0.5) is 0 Å². The number of hydrogen-bond acceptors (Lipinski definition) is 0. The molecule has 0 spiro atoms. The van der Waals surface area contributed by atoms with Gasteiger partial charge in [-0.3, -0.25) is 0 Å². The van der Waals surface area contributed by atoms with Crippen molar-refractivity contribution in [3.63, 3.8) is 0 Å². The summed E-state index contributed by atoms with van der Waals surface area (Å²) in [5, 5.41) is 0. The van der Waals surface area contributed by atoms with E-state index in [1.165, 1.54) is 5.56 Å². The zero-order valence-corrected chi connectivity index (χ0v) is 16.4. The van der Waals surface area contributed by atoms with E-state index in [9.17, 15) is 0 Å². The molecule has 1 aromatic carbocycles. The quantitative estimate of drug-likeness (QED) is 0.427. The second-order valence-electron chi connectivity index (χ2n) is 7.22. The van der Waals surface area contributed by atoms with Crippen LogP contribution in [0.5, 0.6) is 0 Å². The van der Waals surface area contributed by atoms with Crippen LogP contribution in [0.3, 0.4) is 0 Å². The molecule has 0 bridgehead atoms. The summed E-state index contributed by atoms with van der Waals surface area (Å²) in [5.74, 6) is 3.87. The highest BCUT2D eigenvalue weighted by atomic mass is 28.3. The molecule has 1 rings (SSSR count). The molecule has 22 heavy (non-hydrogen) atoms. The molecule has 0 nitrogen and oxygen atoms in total. The lowest BCUT2D eigenvalue weighted by molar-refractivity contribution is 0.837. The summed E-state index contributed by atoms with van der Waals surface area (Å²) in [6, 6.07) is 10.5. The summed E-state index contributed by atoms with van der Waals surface area (Å²) in [6.45, 7) is 16.4. The number of rotatable bonds is 5. The van der Waals surface area contributed by atoms with Gasteiger partial charge in [-0.2, -0.15) is 0 Å². The first kappa shape index (κ1) is 18.8. The Bertz CT molecular complexity index is 504. The van der Waals surface area contributed by atoms with Gasteiger partial charge in [-0.15, -0.1) is 11.5 Å². The molecular formula is C21H32Si. The summed E-state index contributed by atoms with van der Waals surface area (Å²) in [6.07, 6.45) is 4.41. The minimum absolute atomic E-state index is 0.309. The minimum Gasteiger partial charge on any atom is -0.130 e. The first-order valence-corrected chi connectivity index (χ1v) is 10.8. The monoisotopic (exact) mass is 312 g/mol. The minimum atomic E-state index is -1.59. The molecule has 0 aliphatic heterocycles. The third-order valence-electron chi connectivity index (χ3n) is 4.76. The lowest BCUT2D eigenvalue weighted by Crippen LogP contribution is -2.43. The molecule has 120 valence electrons. The molecule has 0 saturated heterocycles. The van der Waals surface area contributed by atoms with Gasteiger partial charge in [-0.05, 0) is 29.1 Å². The molecule has 0 saturated carbocycles. The molecular weight excluding hydrogens is 280 g/mol. The van der Waals surface area contributed by atoms with Gasteiger partial charge < -0.3 is 0 Å². The Labute approximate surface area is 139 Å². The smallest absolute Gasteiger partial charge is 0.130 e. The van der Waals surface area contributed by atoms with Crippen molar-refractivity contribution in [2.45, 2.75) is 65.1 Å². The Balaban J connectivity index is 2.95. The van der Waals surface area contributed by atoms with Crippen LogP contribution < -0.4 is 0 Å². The average Bonchev–Trinajstić information content (AvgIpc) is 2.45. The number of allylic oxidation sites excluding steroid dienone is 1. The zero-order valence-electron chi connectivity index (χ0n) is 15.4. The van der Waals surface area contributed by atoms with Gasteiger partial charge in [0.1, 0.15) is 8.07 Å². The molecule has 1 heteroatoms. The lowest BCUT2D eigenvalue weighted by atomic mass is 10.1. The van der Waals surface area contributed by atoms with Crippen LogP contribution in [0, 0.1) is 17.4 Å². The van der Waals surface area contributed by atoms with Gasteiger partial charge in [0.05, 0.1) is 0 Å². The van der Waals surface area contributed by atoms with E-state index in [1.54, 1.807) is 0 Å². The predicted octanol–water partition coefficient (Wildman–Crippen LogP) is 6.56. The highest BCUT2D eigenvalue weighted by molar-refractivity contribution is 6.90. The van der Waals surface area contributed by atoms with Gasteiger partial charge >= 0.3 is 0 Å². The standard InChI is InChI=1S/C21H32Si/c1-17(2)22(18(3)4,19(5)6)16-15-20(7)13-14-21-11-9-8-10-12-21/h8-14,17-20H,1-7H3/b14-13+. The predicted molar refractivity (Wildman–Crippen MR) is 103 cm³/mol. The fourth-order valence-corrected chi connectivity index (χ4v) is 8.88. The highest BCUT2D eigenvalue weighted by Gasteiger charge is 2.41. The van der Waals surface area contributed by atoms with Crippen molar-refractivity contribution in [2.24, 2.45) is 5.92 Å². The number of benzene rings is 1. The fraction of sp³-hybridized carbons (Fsp3) is 0.524. The molecule has 0 aliphatic carbocycles. The second-order valence-corrected chi connectivity index (χ2v) is 12.8. The Morgan fingerprint density at radius 3 is 1.77 bits per heavy atom. The summed E-state index contributed by atoms with van der Waals surface area (Å²) in [4.78, 5) is 0. The van der Waals surface area contributed by atoms with Gasteiger partial charge in [-0.25, -0.2) is 0 Å². The molecule has 0 aliphatic rings. The molecule has 1 aromatic rings. The zero-order chi connectivity index (χ0) is 16.8. The summed E-state index contributed by atoms with van der Waals surface area (Å²) >= 11 is 0. The summed E-state index contributed by atoms with van der Waals surface area (Å²) in [5.41, 5.74) is 7.15. The number of hydrogen-bond donors (Lipinski definition) is 0. The molecule has 0 radical (unpaired) electrons. The third-order valence-corrected chi connectivity index (χ3v) is 11.1. The molecule has 0 aromatic heterocycles. The van der Waals surface area contributed by atoms with E-state index in [0.29, 0.717) is 22.5 Å². The maximum Gasteiger partial charge on any atom is 0.145 e. The van der Waals surface area contributed by atoms with Crippen molar-refractivity contribution < 1.29 is 0 Å². The van der Waals surface area contributed by atoms with Crippen LogP contribution in [0.25, 0.3) is 6.08 Å². The largest absolute Gasteiger partial charge is 0.145 e. The second kappa shape index (κ2) is 8.39. The summed E-state index contributed by atoms with van der Waals surface area (Å²) < 4.78 is 0. The van der Waals surface area contributed by atoms with Crippen LogP contribution >= 0.6 is 0 Å². The Morgan fingerprint density at radius 2 is 1.32 bits per heavy atom. The first-order chi connectivity index (χ1) is 10.3. The van der Waals surface area contributed by atoms with Crippen molar-refractivity contribution >= 4 is 14.1 Å². The molecule has 1 unspecified atom stereocenters. The van der Waals surface area contributed by atoms with Gasteiger partial charge in [0, 0.05) is 5.92 Å².